The molecule has 1 saturated heterocycles. The van der Waals surface area contributed by atoms with Crippen LogP contribution in [-0.2, 0) is 16.2 Å². The highest BCUT2D eigenvalue weighted by Crippen LogP contribution is 2.38. The van der Waals surface area contributed by atoms with E-state index < -0.39 is 22.8 Å². The van der Waals surface area contributed by atoms with E-state index in [0.717, 1.165) is 4.90 Å². The zero-order valence-electron chi connectivity index (χ0n) is 20.0. The van der Waals surface area contributed by atoms with Crippen LogP contribution >= 0.6 is 27.5 Å². The number of halogens is 2. The van der Waals surface area contributed by atoms with E-state index in [1.165, 1.54) is 31.4 Å². The Bertz CT molecular complexity index is 1520. The number of nitrogens with one attached hydrogen (secondary N) is 1. The van der Waals surface area contributed by atoms with Gasteiger partial charge in [-0.3, -0.25) is 25.0 Å². The number of imide groups is 2. The number of rotatable bonds is 7. The predicted molar refractivity (Wildman–Crippen MR) is 143 cm³/mol. The van der Waals surface area contributed by atoms with Crippen LogP contribution in [0.1, 0.15) is 16.7 Å². The van der Waals surface area contributed by atoms with E-state index in [-0.39, 0.29) is 29.3 Å². The first-order valence-electron chi connectivity index (χ1n) is 11.0. The minimum atomic E-state index is -0.883. The van der Waals surface area contributed by atoms with Gasteiger partial charge in [0.05, 0.1) is 22.2 Å². The molecular formula is C26H19BrClN3O7. The van der Waals surface area contributed by atoms with Gasteiger partial charge >= 0.3 is 6.03 Å². The number of hydrogen-bond donors (Lipinski definition) is 1. The Hall–Kier alpha value is -4.22. The Balaban J connectivity index is 1.65. The minimum Gasteiger partial charge on any atom is -0.493 e. The Morgan fingerprint density at radius 2 is 1.89 bits per heavy atom. The molecule has 0 bridgehead atoms. The van der Waals surface area contributed by atoms with Gasteiger partial charge in [0.15, 0.2) is 11.5 Å². The van der Waals surface area contributed by atoms with Crippen molar-refractivity contribution in [3.8, 4) is 11.5 Å². The molecule has 0 unspecified atom stereocenters. The van der Waals surface area contributed by atoms with Crippen molar-refractivity contribution in [2.45, 2.75) is 13.5 Å². The molecule has 10 nitrogen and oxygen atoms in total. The maximum absolute atomic E-state index is 13.3. The number of methoxy groups -OCH3 is 1. The van der Waals surface area contributed by atoms with E-state index in [0.29, 0.717) is 31.9 Å². The zero-order chi connectivity index (χ0) is 27.6. The lowest BCUT2D eigenvalue weighted by Crippen LogP contribution is -2.54. The zero-order valence-corrected chi connectivity index (χ0v) is 22.3. The van der Waals surface area contributed by atoms with Crippen molar-refractivity contribution in [2.24, 2.45) is 0 Å². The van der Waals surface area contributed by atoms with Crippen LogP contribution in [0.25, 0.3) is 6.08 Å². The first kappa shape index (κ1) is 26.8. The van der Waals surface area contributed by atoms with E-state index in [9.17, 15) is 24.5 Å². The number of ether oxygens (including phenoxy) is 2. The highest BCUT2D eigenvalue weighted by Gasteiger charge is 2.37. The molecule has 1 aliphatic rings. The van der Waals surface area contributed by atoms with Crippen LogP contribution in [0.4, 0.5) is 16.2 Å². The Morgan fingerprint density at radius 1 is 1.13 bits per heavy atom. The Labute approximate surface area is 230 Å². The Kier molecular flexibility index (Phi) is 7.79. The molecule has 38 heavy (non-hydrogen) atoms. The third kappa shape index (κ3) is 5.53. The molecule has 3 aromatic carbocycles. The van der Waals surface area contributed by atoms with Crippen LogP contribution < -0.4 is 19.7 Å². The average Bonchev–Trinajstić information content (AvgIpc) is 2.87. The number of aryl methyl sites for hydroxylation is 1. The maximum atomic E-state index is 13.3. The number of hydrogen-bond acceptors (Lipinski definition) is 7. The van der Waals surface area contributed by atoms with Crippen molar-refractivity contribution in [3.63, 3.8) is 0 Å². The molecule has 1 heterocycles. The first-order chi connectivity index (χ1) is 18.1. The van der Waals surface area contributed by atoms with Crippen molar-refractivity contribution in [3.05, 3.63) is 96.5 Å². The number of nitro groups is 1. The minimum absolute atomic E-state index is 0.0219. The number of non-ortho nitro benzene ring substituents is 1. The first-order valence-corrected chi connectivity index (χ1v) is 12.2. The summed E-state index contributed by atoms with van der Waals surface area (Å²) in [6, 6.07) is 13.1. The van der Waals surface area contributed by atoms with Gasteiger partial charge in [0, 0.05) is 17.2 Å². The van der Waals surface area contributed by atoms with Crippen LogP contribution in [-0.4, -0.2) is 29.9 Å². The average molecular weight is 601 g/mol. The molecular weight excluding hydrogens is 582 g/mol. The second-order valence-electron chi connectivity index (χ2n) is 8.14. The highest BCUT2D eigenvalue weighted by atomic mass is 79.9. The van der Waals surface area contributed by atoms with Crippen LogP contribution in [0, 0.1) is 17.0 Å². The number of carbonyl (C=O) groups excluding carboxylic acids is 3. The van der Waals surface area contributed by atoms with Gasteiger partial charge in [-0.15, -0.1) is 0 Å². The molecule has 3 aromatic rings. The van der Waals surface area contributed by atoms with Gasteiger partial charge in [-0.2, -0.15) is 0 Å². The predicted octanol–water partition coefficient (Wildman–Crippen LogP) is 5.57. The van der Waals surface area contributed by atoms with Gasteiger partial charge in [-0.1, -0.05) is 29.8 Å². The molecule has 0 saturated carbocycles. The van der Waals surface area contributed by atoms with Crippen LogP contribution in [0.5, 0.6) is 11.5 Å². The molecule has 12 heteroatoms. The standard InChI is InChI=1S/C26H19BrClN3O7/c1-14-6-7-17(28)12-21(14)30-25(33)19(24(32)29-26(30)34)9-16-10-20(27)23(22(11-16)37-2)38-13-15-4-3-5-18(8-15)31(35)36/h3-12H,13H2,1-2H3,(H,29,32,34)/b19-9+. The van der Waals surface area contributed by atoms with E-state index in [2.05, 4.69) is 21.2 Å². The number of benzene rings is 3. The number of barbiturate groups is 1. The molecule has 1 fully saturated rings. The molecule has 0 spiro atoms. The molecule has 1 N–H and O–H groups in total. The summed E-state index contributed by atoms with van der Waals surface area (Å²) in [4.78, 5) is 49.8. The maximum Gasteiger partial charge on any atom is 0.335 e. The highest BCUT2D eigenvalue weighted by molar-refractivity contribution is 9.10. The van der Waals surface area contributed by atoms with Crippen molar-refractivity contribution in [1.82, 2.24) is 5.32 Å². The van der Waals surface area contributed by atoms with Crippen LogP contribution in [0.15, 0.2) is 64.6 Å². The summed E-state index contributed by atoms with van der Waals surface area (Å²) in [6.45, 7) is 1.73. The lowest BCUT2D eigenvalue weighted by molar-refractivity contribution is -0.384. The van der Waals surface area contributed by atoms with Crippen molar-refractivity contribution >= 4 is 62.8 Å². The fraction of sp³-hybridized carbons (Fsp3) is 0.115. The normalized spacial score (nSPS) is 14.5. The third-order valence-electron chi connectivity index (χ3n) is 5.58. The molecule has 0 atom stereocenters. The van der Waals surface area contributed by atoms with Crippen LogP contribution in [0.2, 0.25) is 5.02 Å². The molecule has 4 rings (SSSR count). The number of carbonyl (C=O) groups is 3. The van der Waals surface area contributed by atoms with Crippen molar-refractivity contribution in [1.29, 1.82) is 0 Å². The van der Waals surface area contributed by atoms with Gasteiger partial charge in [-0.25, -0.2) is 9.69 Å². The van der Waals surface area contributed by atoms with Gasteiger partial charge in [0.1, 0.15) is 12.2 Å². The summed E-state index contributed by atoms with van der Waals surface area (Å²) in [5.41, 5.74) is 1.51. The van der Waals surface area contributed by atoms with E-state index >= 15 is 0 Å². The monoisotopic (exact) mass is 599 g/mol. The quantitative estimate of drug-likeness (QED) is 0.162. The van der Waals surface area contributed by atoms with Crippen molar-refractivity contribution < 1.29 is 28.8 Å². The molecule has 1 aliphatic heterocycles. The van der Waals surface area contributed by atoms with E-state index in [1.807, 2.05) is 0 Å². The lowest BCUT2D eigenvalue weighted by Gasteiger charge is -2.27. The van der Waals surface area contributed by atoms with Gasteiger partial charge in [0.2, 0.25) is 0 Å². The summed E-state index contributed by atoms with van der Waals surface area (Å²) in [5, 5.41) is 13.5. The summed E-state index contributed by atoms with van der Waals surface area (Å²) in [6.07, 6.45) is 1.33. The number of anilines is 1. The number of amides is 4. The van der Waals surface area contributed by atoms with Gasteiger partial charge in [-0.05, 0) is 69.9 Å². The second kappa shape index (κ2) is 11.0. The van der Waals surface area contributed by atoms with Crippen molar-refractivity contribution in [2.75, 3.05) is 12.0 Å². The fourth-order valence-electron chi connectivity index (χ4n) is 3.74. The molecule has 0 aliphatic carbocycles. The topological polar surface area (TPSA) is 128 Å². The summed E-state index contributed by atoms with van der Waals surface area (Å²) in [7, 11) is 1.42. The number of nitrogens with zero attached hydrogens (tertiary/aromatic N) is 2. The third-order valence-corrected chi connectivity index (χ3v) is 6.41. The van der Waals surface area contributed by atoms with Gasteiger partial charge in [0.25, 0.3) is 17.5 Å². The molecule has 0 radical (unpaired) electrons. The second-order valence-corrected chi connectivity index (χ2v) is 9.43. The number of urea groups is 1. The SMILES string of the molecule is COc1cc(/C=C2\C(=O)NC(=O)N(c3cc(Cl)ccc3C)C2=O)cc(Br)c1OCc1cccc([N+](=O)[O-])c1. The van der Waals surface area contributed by atoms with E-state index in [4.69, 9.17) is 21.1 Å². The number of nitro benzene ring substituents is 1. The Morgan fingerprint density at radius 3 is 2.61 bits per heavy atom. The lowest BCUT2D eigenvalue weighted by atomic mass is 10.1. The fourth-order valence-corrected chi connectivity index (χ4v) is 4.49. The van der Waals surface area contributed by atoms with Gasteiger partial charge < -0.3 is 9.47 Å². The van der Waals surface area contributed by atoms with E-state index in [1.54, 1.807) is 43.3 Å². The molecule has 4 amide bonds. The van der Waals surface area contributed by atoms with Crippen LogP contribution in [0.3, 0.4) is 0 Å². The summed E-state index contributed by atoms with van der Waals surface area (Å²) in [5.74, 6) is -1.08. The molecule has 0 aromatic heterocycles. The smallest absolute Gasteiger partial charge is 0.335 e. The summed E-state index contributed by atoms with van der Waals surface area (Å²) >= 11 is 9.48. The summed E-state index contributed by atoms with van der Waals surface area (Å²) < 4.78 is 11.7. The molecule has 194 valence electrons. The largest absolute Gasteiger partial charge is 0.493 e.